The first kappa shape index (κ1) is 14.5. The summed E-state index contributed by atoms with van der Waals surface area (Å²) in [6, 6.07) is 1.50. The predicted octanol–water partition coefficient (Wildman–Crippen LogP) is 0.647. The van der Waals surface area contributed by atoms with Gasteiger partial charge in [-0.2, -0.15) is 0 Å². The number of nitrogens with zero attached hydrogens (tertiary/aromatic N) is 2. The Morgan fingerprint density at radius 1 is 1.23 bits per heavy atom. The molecule has 0 aliphatic carbocycles. The summed E-state index contributed by atoms with van der Waals surface area (Å²) >= 11 is 1.39. The van der Waals surface area contributed by atoms with Crippen molar-refractivity contribution in [2.45, 2.75) is 0 Å². The Hall–Kier alpha value is -2.39. The molecule has 0 saturated carbocycles. The molecule has 1 saturated heterocycles. The van der Waals surface area contributed by atoms with Crippen molar-refractivity contribution in [1.29, 1.82) is 0 Å². The molecule has 1 fully saturated rings. The van der Waals surface area contributed by atoms with E-state index >= 15 is 0 Å². The van der Waals surface area contributed by atoms with Crippen molar-refractivity contribution in [1.82, 2.24) is 15.8 Å². The Morgan fingerprint density at radius 3 is 2.73 bits per heavy atom. The lowest BCUT2D eigenvalue weighted by Gasteiger charge is -2.25. The number of hydrazine groups is 1. The van der Waals surface area contributed by atoms with Crippen LogP contribution in [0.15, 0.2) is 28.4 Å². The highest BCUT2D eigenvalue weighted by Gasteiger charge is 2.18. The second kappa shape index (κ2) is 6.58. The van der Waals surface area contributed by atoms with Gasteiger partial charge in [0, 0.05) is 18.5 Å². The number of nitrogens with one attached hydrogen (secondary N) is 2. The van der Waals surface area contributed by atoms with Crippen LogP contribution in [0.4, 0.5) is 5.13 Å². The summed E-state index contributed by atoms with van der Waals surface area (Å²) < 4.78 is 10.1. The van der Waals surface area contributed by atoms with Crippen molar-refractivity contribution in [3.63, 3.8) is 0 Å². The molecule has 22 heavy (non-hydrogen) atoms. The fourth-order valence-electron chi connectivity index (χ4n) is 1.91. The summed E-state index contributed by atoms with van der Waals surface area (Å²) in [5.74, 6) is -0.918. The highest BCUT2D eigenvalue weighted by molar-refractivity contribution is 7.13. The van der Waals surface area contributed by atoms with Gasteiger partial charge in [-0.3, -0.25) is 20.4 Å². The molecule has 1 aliphatic heterocycles. The third-order valence-corrected chi connectivity index (χ3v) is 3.98. The molecular weight excluding hydrogens is 308 g/mol. The van der Waals surface area contributed by atoms with E-state index in [2.05, 4.69) is 20.7 Å². The lowest BCUT2D eigenvalue weighted by molar-refractivity contribution is 0.0844. The largest absolute Gasteiger partial charge is 0.472 e. The van der Waals surface area contributed by atoms with Crippen molar-refractivity contribution < 1.29 is 18.7 Å². The van der Waals surface area contributed by atoms with E-state index in [1.54, 1.807) is 5.38 Å². The monoisotopic (exact) mass is 322 g/mol. The number of amides is 2. The molecule has 116 valence electrons. The van der Waals surface area contributed by atoms with Crippen molar-refractivity contribution in [2.75, 3.05) is 31.2 Å². The summed E-state index contributed by atoms with van der Waals surface area (Å²) in [4.78, 5) is 30.0. The van der Waals surface area contributed by atoms with Crippen molar-refractivity contribution >= 4 is 28.3 Å². The molecule has 0 radical (unpaired) electrons. The van der Waals surface area contributed by atoms with Crippen LogP contribution in [-0.4, -0.2) is 43.1 Å². The van der Waals surface area contributed by atoms with Crippen LogP contribution in [0.5, 0.6) is 0 Å². The molecule has 2 amide bonds. The first-order chi connectivity index (χ1) is 10.7. The van der Waals surface area contributed by atoms with Crippen LogP contribution in [0, 0.1) is 0 Å². The van der Waals surface area contributed by atoms with E-state index in [9.17, 15) is 9.59 Å². The zero-order valence-corrected chi connectivity index (χ0v) is 12.4. The van der Waals surface area contributed by atoms with Crippen LogP contribution < -0.4 is 15.8 Å². The highest BCUT2D eigenvalue weighted by Crippen LogP contribution is 2.21. The number of furan rings is 1. The van der Waals surface area contributed by atoms with Gasteiger partial charge in [-0.25, -0.2) is 4.98 Å². The molecule has 2 N–H and O–H groups in total. The smallest absolute Gasteiger partial charge is 0.289 e. The average molecular weight is 322 g/mol. The van der Waals surface area contributed by atoms with Crippen LogP contribution in [0.25, 0.3) is 0 Å². The van der Waals surface area contributed by atoms with E-state index < -0.39 is 11.8 Å². The van der Waals surface area contributed by atoms with Gasteiger partial charge >= 0.3 is 0 Å². The van der Waals surface area contributed by atoms with Gasteiger partial charge in [-0.15, -0.1) is 11.3 Å². The SMILES string of the molecule is O=C(NNC(=O)c1csc(N2CCOCC2)n1)c1ccoc1. The number of ether oxygens (including phenoxy) is 1. The molecule has 1 aliphatic rings. The number of thiazole rings is 1. The van der Waals surface area contributed by atoms with Gasteiger partial charge in [-0.1, -0.05) is 0 Å². The minimum Gasteiger partial charge on any atom is -0.472 e. The maximum atomic E-state index is 12.0. The average Bonchev–Trinajstić information content (AvgIpc) is 3.24. The summed E-state index contributed by atoms with van der Waals surface area (Å²) in [5.41, 5.74) is 5.22. The molecule has 0 spiro atoms. The molecular formula is C13H14N4O4S. The van der Waals surface area contributed by atoms with Crippen molar-refractivity contribution in [3.05, 3.63) is 35.2 Å². The Morgan fingerprint density at radius 2 is 2.00 bits per heavy atom. The fourth-order valence-corrected chi connectivity index (χ4v) is 2.77. The molecule has 0 atom stereocenters. The molecule has 8 nitrogen and oxygen atoms in total. The Bertz CT molecular complexity index is 649. The van der Waals surface area contributed by atoms with Gasteiger partial charge in [0.2, 0.25) is 0 Å². The predicted molar refractivity (Wildman–Crippen MR) is 78.8 cm³/mol. The fraction of sp³-hybridized carbons (Fsp3) is 0.308. The summed E-state index contributed by atoms with van der Waals surface area (Å²) in [7, 11) is 0. The summed E-state index contributed by atoms with van der Waals surface area (Å²) in [6.07, 6.45) is 2.67. The number of carbonyl (C=O) groups excluding carboxylic acids is 2. The van der Waals surface area contributed by atoms with Crippen LogP contribution in [-0.2, 0) is 4.74 Å². The lowest BCUT2D eigenvalue weighted by atomic mass is 10.3. The standard InChI is InChI=1S/C13H14N4O4S/c18-11(9-1-4-21-7-9)15-16-12(19)10-8-22-13(14-10)17-2-5-20-6-3-17/h1,4,7-8H,2-3,5-6H2,(H,15,18)(H,16,19). The van der Waals surface area contributed by atoms with Crippen LogP contribution >= 0.6 is 11.3 Å². The molecule has 3 rings (SSSR count). The minimum absolute atomic E-state index is 0.263. The third-order valence-electron chi connectivity index (χ3n) is 3.08. The number of hydrogen-bond donors (Lipinski definition) is 2. The van der Waals surface area contributed by atoms with Crippen LogP contribution in [0.1, 0.15) is 20.8 Å². The van der Waals surface area contributed by atoms with Gasteiger partial charge in [-0.05, 0) is 6.07 Å². The van der Waals surface area contributed by atoms with E-state index in [4.69, 9.17) is 9.15 Å². The van der Waals surface area contributed by atoms with E-state index in [0.717, 1.165) is 18.2 Å². The first-order valence-corrected chi connectivity index (χ1v) is 7.53. The van der Waals surface area contributed by atoms with Gasteiger partial charge in [0.15, 0.2) is 5.13 Å². The topological polar surface area (TPSA) is 96.7 Å². The zero-order valence-electron chi connectivity index (χ0n) is 11.6. The van der Waals surface area contributed by atoms with Gasteiger partial charge in [0.05, 0.1) is 25.0 Å². The van der Waals surface area contributed by atoms with Gasteiger partial charge in [0.25, 0.3) is 11.8 Å². The second-order valence-corrected chi connectivity index (χ2v) is 5.37. The first-order valence-electron chi connectivity index (χ1n) is 6.65. The summed E-state index contributed by atoms with van der Waals surface area (Å²) in [5, 5.41) is 2.43. The van der Waals surface area contributed by atoms with E-state index in [1.165, 1.54) is 29.9 Å². The number of rotatable bonds is 3. The molecule has 2 aromatic heterocycles. The molecule has 3 heterocycles. The third kappa shape index (κ3) is 3.26. The van der Waals surface area contributed by atoms with Gasteiger partial charge < -0.3 is 14.1 Å². The molecule has 0 unspecified atom stereocenters. The maximum Gasteiger partial charge on any atom is 0.289 e. The number of morpholine rings is 1. The van der Waals surface area contributed by atoms with Crippen LogP contribution in [0.2, 0.25) is 0 Å². The number of hydrogen-bond acceptors (Lipinski definition) is 7. The van der Waals surface area contributed by atoms with E-state index in [1.807, 2.05) is 0 Å². The quantitative estimate of drug-likeness (QED) is 0.805. The summed E-state index contributed by atoms with van der Waals surface area (Å²) in [6.45, 7) is 2.82. The highest BCUT2D eigenvalue weighted by atomic mass is 32.1. The number of anilines is 1. The van der Waals surface area contributed by atoms with E-state index in [-0.39, 0.29) is 5.69 Å². The maximum absolute atomic E-state index is 12.0. The number of carbonyl (C=O) groups is 2. The Labute approximate surface area is 130 Å². The van der Waals surface area contributed by atoms with Crippen molar-refractivity contribution in [2.24, 2.45) is 0 Å². The molecule has 0 aromatic carbocycles. The molecule has 9 heteroatoms. The van der Waals surface area contributed by atoms with Crippen LogP contribution in [0.3, 0.4) is 0 Å². The van der Waals surface area contributed by atoms with E-state index in [0.29, 0.717) is 18.8 Å². The number of aromatic nitrogens is 1. The molecule has 2 aromatic rings. The zero-order chi connectivity index (χ0) is 15.4. The Balaban J connectivity index is 1.56. The van der Waals surface area contributed by atoms with Crippen molar-refractivity contribution in [3.8, 4) is 0 Å². The Kier molecular flexibility index (Phi) is 4.35. The van der Waals surface area contributed by atoms with Gasteiger partial charge in [0.1, 0.15) is 12.0 Å². The molecule has 0 bridgehead atoms. The second-order valence-electron chi connectivity index (χ2n) is 4.54. The normalized spacial score (nSPS) is 14.6. The lowest BCUT2D eigenvalue weighted by Crippen LogP contribution is -2.41. The minimum atomic E-state index is -0.465.